The molecule has 1 saturated heterocycles. The second-order valence-corrected chi connectivity index (χ2v) is 14.2. The first-order valence-electron chi connectivity index (χ1n) is 16.8. The van der Waals surface area contributed by atoms with Gasteiger partial charge in [-0.15, -0.1) is 0 Å². The molecule has 4 aromatic rings. The second kappa shape index (κ2) is 16.6. The minimum absolute atomic E-state index is 0.129. The summed E-state index contributed by atoms with van der Waals surface area (Å²) in [5, 5.41) is 13.2. The molecular formula is C38H46N5O5P. The molecule has 5 rings (SSSR count). The molecule has 0 bridgehead atoms. The van der Waals surface area contributed by atoms with Gasteiger partial charge in [-0.25, -0.2) is 9.46 Å². The van der Waals surface area contributed by atoms with Gasteiger partial charge in [0.1, 0.15) is 6.23 Å². The number of aromatic amines is 1. The van der Waals surface area contributed by atoms with Gasteiger partial charge in [0.2, 0.25) is 0 Å². The molecule has 3 aromatic carbocycles. The monoisotopic (exact) mass is 683 g/mol. The van der Waals surface area contributed by atoms with Crippen LogP contribution in [-0.4, -0.2) is 51.7 Å². The Bertz CT molecular complexity index is 1690. The van der Waals surface area contributed by atoms with Crippen molar-refractivity contribution in [3.05, 3.63) is 140 Å². The first kappa shape index (κ1) is 36.3. The Morgan fingerprint density at radius 2 is 1.47 bits per heavy atom. The fourth-order valence-electron chi connectivity index (χ4n) is 6.55. The van der Waals surface area contributed by atoms with Crippen molar-refractivity contribution in [3.63, 3.8) is 0 Å². The van der Waals surface area contributed by atoms with Gasteiger partial charge in [-0.3, -0.25) is 19.7 Å². The maximum atomic E-state index is 13.1. The normalized spacial score (nSPS) is 18.6. The molecule has 11 heteroatoms. The number of nitrogens with one attached hydrogen (secondary N) is 2. The quantitative estimate of drug-likeness (QED) is 0.0842. The van der Waals surface area contributed by atoms with Crippen LogP contribution in [0.25, 0.3) is 0 Å². The molecule has 2 heterocycles. The smallest absolute Gasteiger partial charge is 0.330 e. The first-order valence-corrected chi connectivity index (χ1v) is 17.9. The van der Waals surface area contributed by atoms with Crippen molar-refractivity contribution in [2.45, 2.75) is 83.5 Å². The maximum Gasteiger partial charge on any atom is 0.330 e. The number of rotatable bonds is 15. The Balaban J connectivity index is 1.59. The zero-order chi connectivity index (χ0) is 35.0. The van der Waals surface area contributed by atoms with Gasteiger partial charge in [0.15, 0.2) is 0 Å². The minimum atomic E-state index is -1.54. The molecule has 49 heavy (non-hydrogen) atoms. The summed E-state index contributed by atoms with van der Waals surface area (Å²) in [7, 11) is -1.54. The van der Waals surface area contributed by atoms with Crippen LogP contribution in [0, 0.1) is 18.3 Å². The van der Waals surface area contributed by atoms with E-state index < -0.39 is 37.6 Å². The molecule has 1 aliphatic rings. The van der Waals surface area contributed by atoms with Crippen molar-refractivity contribution >= 4 is 8.53 Å². The zero-order valence-corrected chi connectivity index (χ0v) is 29.7. The van der Waals surface area contributed by atoms with Crippen LogP contribution in [0.15, 0.2) is 107 Å². The second-order valence-electron chi connectivity index (χ2n) is 12.8. The predicted octanol–water partition coefficient (Wildman–Crippen LogP) is 6.38. The van der Waals surface area contributed by atoms with E-state index in [0.717, 1.165) is 16.7 Å². The zero-order valence-electron chi connectivity index (χ0n) is 28.8. The Morgan fingerprint density at radius 3 is 1.96 bits per heavy atom. The summed E-state index contributed by atoms with van der Waals surface area (Å²) >= 11 is 0. The third-order valence-corrected chi connectivity index (χ3v) is 10.8. The summed E-state index contributed by atoms with van der Waals surface area (Å²) in [4.78, 5) is 27.8. The van der Waals surface area contributed by atoms with E-state index >= 15 is 0 Å². The molecule has 0 saturated carbocycles. The van der Waals surface area contributed by atoms with Crippen LogP contribution >= 0.6 is 8.53 Å². The molecule has 258 valence electrons. The molecule has 1 aromatic heterocycles. The molecule has 1 aliphatic heterocycles. The average Bonchev–Trinajstić information content (AvgIpc) is 3.50. The van der Waals surface area contributed by atoms with Crippen LogP contribution in [0.3, 0.4) is 0 Å². The number of nitriles is 1. The SMILES string of the molecule is Cc1cn([C@H]2C[C@H](NC(c3ccccc3)(c3ccccc3)c3ccccc3)[C@@H](COP(OCCC#N)N(C(C)C)C(C)C)O2)c(=O)[nH]c1=O. The lowest BCUT2D eigenvalue weighted by Crippen LogP contribution is -2.53. The van der Waals surface area contributed by atoms with E-state index in [1.807, 2.05) is 54.6 Å². The van der Waals surface area contributed by atoms with Crippen molar-refractivity contribution in [1.82, 2.24) is 19.5 Å². The first-order chi connectivity index (χ1) is 23.6. The number of hydrogen-bond acceptors (Lipinski definition) is 8. The minimum Gasteiger partial charge on any atom is -0.351 e. The average molecular weight is 684 g/mol. The summed E-state index contributed by atoms with van der Waals surface area (Å²) in [6.45, 7) is 10.5. The molecule has 1 fully saturated rings. The van der Waals surface area contributed by atoms with Crippen molar-refractivity contribution in [3.8, 4) is 6.07 Å². The van der Waals surface area contributed by atoms with Gasteiger partial charge in [-0.05, 0) is 51.3 Å². The fraction of sp³-hybridized carbons (Fsp3) is 0.395. The maximum absolute atomic E-state index is 13.1. The number of aromatic nitrogens is 2. The van der Waals surface area contributed by atoms with Crippen LogP contribution in [0.2, 0.25) is 0 Å². The third kappa shape index (κ3) is 8.27. The molecule has 0 aliphatic carbocycles. The number of nitrogens with zero attached hydrogens (tertiary/aromatic N) is 3. The van der Waals surface area contributed by atoms with E-state index in [2.05, 4.69) is 85.1 Å². The molecule has 0 amide bonds. The highest BCUT2D eigenvalue weighted by molar-refractivity contribution is 7.44. The highest BCUT2D eigenvalue weighted by Crippen LogP contribution is 2.47. The fourth-order valence-corrected chi connectivity index (χ4v) is 8.17. The van der Waals surface area contributed by atoms with Gasteiger partial charge in [0.05, 0.1) is 37.3 Å². The molecule has 0 radical (unpaired) electrons. The lowest BCUT2D eigenvalue weighted by atomic mass is 9.76. The largest absolute Gasteiger partial charge is 0.351 e. The lowest BCUT2D eigenvalue weighted by Gasteiger charge is -2.40. The van der Waals surface area contributed by atoms with E-state index in [0.29, 0.717) is 12.0 Å². The summed E-state index contributed by atoms with van der Waals surface area (Å²) in [5.41, 5.74) is 1.79. The summed E-state index contributed by atoms with van der Waals surface area (Å²) in [6.07, 6.45) is 1.03. The molecule has 4 atom stereocenters. The van der Waals surface area contributed by atoms with Crippen molar-refractivity contribution in [1.29, 1.82) is 5.26 Å². The number of ether oxygens (including phenoxy) is 1. The lowest BCUT2D eigenvalue weighted by molar-refractivity contribution is -0.0279. The van der Waals surface area contributed by atoms with Crippen molar-refractivity contribution in [2.24, 2.45) is 0 Å². The van der Waals surface area contributed by atoms with Crippen molar-refractivity contribution in [2.75, 3.05) is 13.2 Å². The van der Waals surface area contributed by atoms with E-state index in [-0.39, 0.29) is 37.8 Å². The summed E-state index contributed by atoms with van der Waals surface area (Å²) in [6, 6.07) is 33.0. The van der Waals surface area contributed by atoms with Gasteiger partial charge in [-0.1, -0.05) is 91.0 Å². The van der Waals surface area contributed by atoms with Crippen LogP contribution < -0.4 is 16.6 Å². The molecule has 2 N–H and O–H groups in total. The van der Waals surface area contributed by atoms with E-state index in [1.54, 1.807) is 13.1 Å². The van der Waals surface area contributed by atoms with Crippen LogP contribution in [0.4, 0.5) is 0 Å². The number of aryl methyl sites for hydroxylation is 1. The topological polar surface area (TPSA) is 122 Å². The van der Waals surface area contributed by atoms with Gasteiger partial charge in [-0.2, -0.15) is 5.26 Å². The van der Waals surface area contributed by atoms with Gasteiger partial charge < -0.3 is 13.8 Å². The standard InChI is InChI=1S/C38H46N5O5P/c1-27(2)43(28(3)4)49(46-23-15-22-39)47-26-34-33(24-35(48-34)42-25-29(5)36(44)40-37(42)45)41-38(30-16-9-6-10-17-30,31-18-11-7-12-19-31)32-20-13-8-14-21-32/h6-14,16-21,25,27-28,33-35,41H,15,23-24,26H2,1-5H3,(H,40,44,45)/t33-,34+,35+,49?/m0/s1. The van der Waals surface area contributed by atoms with Gasteiger partial charge in [0, 0.05) is 36.3 Å². The highest BCUT2D eigenvalue weighted by Gasteiger charge is 2.45. The molecule has 10 nitrogen and oxygen atoms in total. The van der Waals surface area contributed by atoms with Crippen LogP contribution in [0.5, 0.6) is 0 Å². The predicted molar refractivity (Wildman–Crippen MR) is 192 cm³/mol. The Kier molecular flexibility index (Phi) is 12.3. The van der Waals surface area contributed by atoms with Crippen LogP contribution in [-0.2, 0) is 19.3 Å². The van der Waals surface area contributed by atoms with E-state index in [9.17, 15) is 14.9 Å². The number of H-pyrrole nitrogens is 1. The Morgan fingerprint density at radius 1 is 0.939 bits per heavy atom. The molecular weight excluding hydrogens is 637 g/mol. The van der Waals surface area contributed by atoms with E-state index in [4.69, 9.17) is 13.8 Å². The Labute approximate surface area is 289 Å². The van der Waals surface area contributed by atoms with Gasteiger partial charge >= 0.3 is 5.69 Å². The van der Waals surface area contributed by atoms with Gasteiger partial charge in [0.25, 0.3) is 14.1 Å². The van der Waals surface area contributed by atoms with E-state index in [1.165, 1.54) is 4.57 Å². The third-order valence-electron chi connectivity index (χ3n) is 8.73. The van der Waals surface area contributed by atoms with Crippen molar-refractivity contribution < 1.29 is 13.8 Å². The molecule has 1 unspecified atom stereocenters. The Hall–Kier alpha value is -3.94. The summed E-state index contributed by atoms with van der Waals surface area (Å²) < 4.78 is 23.2. The van der Waals surface area contributed by atoms with Crippen LogP contribution in [0.1, 0.15) is 69.0 Å². The number of benzene rings is 3. The number of hydrogen-bond donors (Lipinski definition) is 2. The highest BCUT2D eigenvalue weighted by atomic mass is 31.2. The summed E-state index contributed by atoms with van der Waals surface area (Å²) in [5.74, 6) is 0. The molecule has 0 spiro atoms.